The van der Waals surface area contributed by atoms with Gasteiger partial charge < -0.3 is 19.0 Å². The van der Waals surface area contributed by atoms with Crippen LogP contribution in [0.2, 0.25) is 0 Å². The molecule has 4 aromatic rings. The molecular weight excluding hydrogens is 398 g/mol. The van der Waals surface area contributed by atoms with E-state index >= 15 is 0 Å². The zero-order valence-electron chi connectivity index (χ0n) is 15.9. The van der Waals surface area contributed by atoms with Crippen LogP contribution in [0.4, 0.5) is 8.78 Å². The molecule has 7 nitrogen and oxygen atoms in total. The number of rotatable bonds is 6. The highest BCUT2D eigenvalue weighted by atomic mass is 19.3. The Hall–Kier alpha value is -3.88. The minimum atomic E-state index is -3.19. The number of methoxy groups -OCH3 is 1. The molecule has 0 spiro atoms. The molecule has 154 valence electrons. The Morgan fingerprint density at radius 2 is 1.93 bits per heavy atom. The molecule has 0 amide bonds. The van der Waals surface area contributed by atoms with E-state index in [0.29, 0.717) is 16.7 Å². The maximum atomic E-state index is 12.9. The maximum absolute atomic E-state index is 12.9. The van der Waals surface area contributed by atoms with Crippen molar-refractivity contribution >= 4 is 16.9 Å². The van der Waals surface area contributed by atoms with Gasteiger partial charge in [0.2, 0.25) is 0 Å². The van der Waals surface area contributed by atoms with E-state index < -0.39 is 23.9 Å². The predicted octanol–water partition coefficient (Wildman–Crippen LogP) is 4.81. The first-order valence-corrected chi connectivity index (χ1v) is 8.78. The Morgan fingerprint density at radius 1 is 1.17 bits per heavy atom. The van der Waals surface area contributed by atoms with E-state index in [2.05, 4.69) is 9.84 Å². The summed E-state index contributed by atoms with van der Waals surface area (Å²) in [7, 11) is 3.08. The molecule has 1 N–H and O–H groups in total. The van der Waals surface area contributed by atoms with Gasteiger partial charge in [-0.15, -0.1) is 0 Å². The Morgan fingerprint density at radius 3 is 2.57 bits per heavy atom. The molecule has 9 heteroatoms. The fraction of sp³-hybridized carbons (Fsp3) is 0.143. The van der Waals surface area contributed by atoms with Gasteiger partial charge >= 0.3 is 12.6 Å². The van der Waals surface area contributed by atoms with Crippen molar-refractivity contribution in [2.24, 2.45) is 7.05 Å². The first-order chi connectivity index (χ1) is 14.4. The van der Waals surface area contributed by atoms with E-state index in [1.165, 1.54) is 25.5 Å². The Labute approximate surface area is 169 Å². The highest BCUT2D eigenvalue weighted by molar-refractivity contribution is 5.99. The van der Waals surface area contributed by atoms with E-state index in [-0.39, 0.29) is 5.75 Å². The number of aromatic carboxylic acids is 1. The van der Waals surface area contributed by atoms with Gasteiger partial charge in [-0.25, -0.2) is 4.79 Å². The highest BCUT2D eigenvalue weighted by Crippen LogP contribution is 2.39. The molecule has 0 fully saturated rings. The predicted molar refractivity (Wildman–Crippen MR) is 104 cm³/mol. The van der Waals surface area contributed by atoms with Crippen LogP contribution in [0.25, 0.3) is 33.2 Å². The van der Waals surface area contributed by atoms with Crippen LogP contribution in [-0.2, 0) is 7.05 Å². The fourth-order valence-corrected chi connectivity index (χ4v) is 3.31. The van der Waals surface area contributed by atoms with Gasteiger partial charge in [-0.3, -0.25) is 4.68 Å². The Kier molecular flexibility index (Phi) is 4.86. The third-order valence-electron chi connectivity index (χ3n) is 4.64. The number of aromatic nitrogens is 2. The van der Waals surface area contributed by atoms with Crippen molar-refractivity contribution in [3.8, 4) is 33.8 Å². The molecule has 0 saturated carbocycles. The Balaban J connectivity index is 1.84. The van der Waals surface area contributed by atoms with E-state index in [0.717, 1.165) is 16.5 Å². The number of carbonyl (C=O) groups is 1. The number of alkyl halides is 2. The number of halogens is 2. The van der Waals surface area contributed by atoms with Gasteiger partial charge in [-0.2, -0.15) is 13.9 Å². The minimum Gasteiger partial charge on any atom is -0.496 e. The van der Waals surface area contributed by atoms with Crippen LogP contribution in [0, 0.1) is 0 Å². The van der Waals surface area contributed by atoms with Crippen molar-refractivity contribution in [1.82, 2.24) is 9.78 Å². The van der Waals surface area contributed by atoms with Crippen LogP contribution in [-0.4, -0.2) is 34.6 Å². The van der Waals surface area contributed by atoms with Crippen LogP contribution in [0.3, 0.4) is 0 Å². The van der Waals surface area contributed by atoms with Crippen LogP contribution in [0.1, 0.15) is 10.4 Å². The third kappa shape index (κ3) is 3.45. The number of benzene rings is 2. The van der Waals surface area contributed by atoms with Crippen molar-refractivity contribution in [2.45, 2.75) is 6.61 Å². The summed E-state index contributed by atoms with van der Waals surface area (Å²) in [6.45, 7) is -3.19. The summed E-state index contributed by atoms with van der Waals surface area (Å²) in [5.74, 6) is -2.03. The third-order valence-corrected chi connectivity index (χ3v) is 4.64. The molecule has 0 bridgehead atoms. The largest absolute Gasteiger partial charge is 0.496 e. The summed E-state index contributed by atoms with van der Waals surface area (Å²) >= 11 is 0. The quantitative estimate of drug-likeness (QED) is 0.487. The maximum Gasteiger partial charge on any atom is 0.387 e. The first kappa shape index (κ1) is 19.4. The summed E-state index contributed by atoms with van der Waals surface area (Å²) < 4.78 is 42.6. The summed E-state index contributed by atoms with van der Waals surface area (Å²) in [4.78, 5) is 11.5. The zero-order valence-corrected chi connectivity index (χ0v) is 15.9. The van der Waals surface area contributed by atoms with Crippen LogP contribution in [0.5, 0.6) is 11.5 Å². The van der Waals surface area contributed by atoms with Gasteiger partial charge in [0, 0.05) is 29.8 Å². The monoisotopic (exact) mass is 414 g/mol. The smallest absolute Gasteiger partial charge is 0.387 e. The lowest BCUT2D eigenvalue weighted by molar-refractivity contribution is -0.0503. The fourth-order valence-electron chi connectivity index (χ4n) is 3.31. The summed E-state index contributed by atoms with van der Waals surface area (Å²) in [6, 6.07) is 8.24. The molecule has 0 unspecified atom stereocenters. The molecule has 0 saturated heterocycles. The number of ether oxygens (including phenoxy) is 2. The lowest BCUT2D eigenvalue weighted by Gasteiger charge is -2.13. The van der Waals surface area contributed by atoms with Gasteiger partial charge in [-0.05, 0) is 35.4 Å². The number of carboxylic acid groups (broad SMARTS) is 1. The average molecular weight is 414 g/mol. The number of hydrogen-bond acceptors (Lipinski definition) is 5. The molecule has 0 atom stereocenters. The molecular formula is C21H16F2N2O5. The number of fused-ring (bicyclic) bond motifs is 1. The molecule has 2 heterocycles. The molecule has 0 aliphatic rings. The second-order valence-electron chi connectivity index (χ2n) is 6.50. The molecule has 2 aromatic heterocycles. The molecule has 2 aromatic carbocycles. The Bertz CT molecular complexity index is 1250. The number of nitrogens with zero attached hydrogens (tertiary/aromatic N) is 2. The van der Waals surface area contributed by atoms with Gasteiger partial charge in [0.1, 0.15) is 22.6 Å². The van der Waals surface area contributed by atoms with Gasteiger partial charge in [0.05, 0.1) is 19.6 Å². The molecule has 0 aliphatic carbocycles. The normalized spacial score (nSPS) is 11.2. The van der Waals surface area contributed by atoms with Crippen LogP contribution >= 0.6 is 0 Å². The van der Waals surface area contributed by atoms with Crippen molar-refractivity contribution in [3.05, 3.63) is 54.6 Å². The van der Waals surface area contributed by atoms with Crippen molar-refractivity contribution < 1.29 is 32.6 Å². The van der Waals surface area contributed by atoms with Gasteiger partial charge in [-0.1, -0.05) is 6.07 Å². The van der Waals surface area contributed by atoms with Crippen LogP contribution in [0.15, 0.2) is 53.4 Å². The van der Waals surface area contributed by atoms with Crippen LogP contribution < -0.4 is 9.47 Å². The van der Waals surface area contributed by atoms with Crippen molar-refractivity contribution in [2.75, 3.05) is 7.11 Å². The average Bonchev–Trinajstić information content (AvgIpc) is 3.32. The lowest BCUT2D eigenvalue weighted by Crippen LogP contribution is -2.09. The first-order valence-electron chi connectivity index (χ1n) is 8.78. The zero-order chi connectivity index (χ0) is 21.4. The highest BCUT2D eigenvalue weighted by Gasteiger charge is 2.23. The topological polar surface area (TPSA) is 86.7 Å². The lowest BCUT2D eigenvalue weighted by atomic mass is 10.00. The van der Waals surface area contributed by atoms with E-state index in [1.54, 1.807) is 10.9 Å². The minimum absolute atomic E-state index is 0.100. The van der Waals surface area contributed by atoms with E-state index in [1.807, 2.05) is 31.4 Å². The number of aryl methyl sites for hydroxylation is 1. The van der Waals surface area contributed by atoms with E-state index in [9.17, 15) is 18.7 Å². The summed E-state index contributed by atoms with van der Waals surface area (Å²) in [6.07, 6.45) is 5.07. The summed E-state index contributed by atoms with van der Waals surface area (Å²) in [5, 5.41) is 14.3. The van der Waals surface area contributed by atoms with Crippen molar-refractivity contribution in [1.29, 1.82) is 0 Å². The van der Waals surface area contributed by atoms with Gasteiger partial charge in [0.15, 0.2) is 0 Å². The van der Waals surface area contributed by atoms with Gasteiger partial charge in [0.25, 0.3) is 0 Å². The number of hydrogen-bond donors (Lipinski definition) is 1. The number of furan rings is 1. The van der Waals surface area contributed by atoms with E-state index in [4.69, 9.17) is 9.15 Å². The second kappa shape index (κ2) is 7.51. The van der Waals surface area contributed by atoms with Crippen molar-refractivity contribution in [3.63, 3.8) is 0 Å². The standard InChI is InChI=1S/C21H16F2N2O5/c1-25-9-13(8-24-25)11-3-4-14-15(10-29-16(14)5-11)12-6-17(28-2)19(20(26)27)18(7-12)30-21(22)23/h3-10,21H,1-2H3,(H,26,27). The molecule has 0 aliphatic heterocycles. The SMILES string of the molecule is COc1cc(-c2coc3cc(-c4cnn(C)c4)ccc23)cc(OC(F)F)c1C(=O)O. The second-order valence-corrected chi connectivity index (χ2v) is 6.50. The molecule has 4 rings (SSSR count). The summed E-state index contributed by atoms with van der Waals surface area (Å²) in [5.41, 5.74) is 2.91. The molecule has 30 heavy (non-hydrogen) atoms. The molecule has 0 radical (unpaired) electrons. The number of carboxylic acids is 1.